The van der Waals surface area contributed by atoms with E-state index in [-0.39, 0.29) is 53.8 Å². The summed E-state index contributed by atoms with van der Waals surface area (Å²) in [5, 5.41) is 12.0. The Morgan fingerprint density at radius 2 is 1.64 bits per heavy atom. The molecule has 12 heteroatoms. The van der Waals surface area contributed by atoms with E-state index in [2.05, 4.69) is 17.9 Å². The lowest BCUT2D eigenvalue weighted by Gasteiger charge is -2.23. The molecule has 3 aromatic carbocycles. The van der Waals surface area contributed by atoms with Gasteiger partial charge in [-0.2, -0.15) is 12.6 Å². The van der Waals surface area contributed by atoms with Crippen LogP contribution in [0.3, 0.4) is 0 Å². The number of amides is 3. The summed E-state index contributed by atoms with van der Waals surface area (Å²) in [7, 11) is -4.25. The number of benzene rings is 3. The predicted molar refractivity (Wildman–Crippen MR) is 170 cm³/mol. The number of carbonyl (C=O) groups excluding carboxylic acids is 3. The topological polar surface area (TPSA) is 133 Å². The van der Waals surface area contributed by atoms with Gasteiger partial charge in [0.05, 0.1) is 4.90 Å². The highest BCUT2D eigenvalue weighted by Crippen LogP contribution is 2.28. The first kappa shape index (κ1) is 34.7. The van der Waals surface area contributed by atoms with Gasteiger partial charge >= 0.3 is 0 Å². The summed E-state index contributed by atoms with van der Waals surface area (Å²) in [6.45, 7) is 3.76. The number of hydrogen-bond donors (Lipinski definition) is 4. The highest BCUT2D eigenvalue weighted by molar-refractivity contribution is 7.90. The van der Waals surface area contributed by atoms with Crippen molar-refractivity contribution in [1.29, 1.82) is 0 Å². The Bertz CT molecular complexity index is 1550. The van der Waals surface area contributed by atoms with Crippen LogP contribution in [0.1, 0.15) is 44.2 Å². The van der Waals surface area contributed by atoms with Gasteiger partial charge in [0.1, 0.15) is 11.9 Å². The monoisotopic (exact) mass is 643 g/mol. The molecule has 2 unspecified atom stereocenters. The molecule has 2 atom stereocenters. The fourth-order valence-electron chi connectivity index (χ4n) is 4.43. The van der Waals surface area contributed by atoms with E-state index in [1.54, 1.807) is 59.5 Å². The molecule has 0 spiro atoms. The molecule has 0 aliphatic rings. The Labute approximate surface area is 263 Å². The predicted octanol–water partition coefficient (Wildman–Crippen LogP) is 3.85. The lowest BCUT2D eigenvalue weighted by Crippen LogP contribution is -2.37. The minimum atomic E-state index is -4.25. The van der Waals surface area contributed by atoms with Crippen LogP contribution in [0.2, 0.25) is 0 Å². The van der Waals surface area contributed by atoms with Crippen molar-refractivity contribution < 1.29 is 32.3 Å². The van der Waals surface area contributed by atoms with Gasteiger partial charge in [0.15, 0.2) is 0 Å². The molecule has 0 saturated heterocycles. The third-order valence-corrected chi connectivity index (χ3v) is 8.57. The standard InChI is InChI=1S/C32H38FN3O6S2/c1-3-8-31(39)36(18-17-30(38)34-20-26(43)19-25-9-4-6-11-28(25)33)21-23-13-15-24(16-14-23)27-10-5-7-12-29(27)44(41,42)35-32(40)22(2)37/h4-7,9-16,22,26,37,43H,3,8,17-21H2,1-2H3,(H,34,38)(H,35,40). The van der Waals surface area contributed by atoms with Crippen molar-refractivity contribution in [3.8, 4) is 11.1 Å². The molecule has 0 fully saturated rings. The molecule has 236 valence electrons. The minimum absolute atomic E-state index is 0.0805. The smallest absolute Gasteiger partial charge is 0.264 e. The highest BCUT2D eigenvalue weighted by atomic mass is 32.2. The molecule has 44 heavy (non-hydrogen) atoms. The first-order valence-corrected chi connectivity index (χ1v) is 16.3. The number of carbonyl (C=O) groups is 3. The molecule has 3 amide bonds. The van der Waals surface area contributed by atoms with Crippen LogP contribution >= 0.6 is 12.6 Å². The number of sulfonamides is 1. The zero-order valence-electron chi connectivity index (χ0n) is 24.7. The Balaban J connectivity index is 1.65. The van der Waals surface area contributed by atoms with Gasteiger partial charge < -0.3 is 15.3 Å². The number of nitrogens with zero attached hydrogens (tertiary/aromatic N) is 1. The van der Waals surface area contributed by atoms with Crippen molar-refractivity contribution in [3.63, 3.8) is 0 Å². The molecule has 9 nitrogen and oxygen atoms in total. The van der Waals surface area contributed by atoms with E-state index in [0.29, 0.717) is 36.0 Å². The highest BCUT2D eigenvalue weighted by Gasteiger charge is 2.24. The Hall–Kier alpha value is -3.74. The molecule has 3 aromatic rings. The SMILES string of the molecule is CCCC(=O)N(CCC(=O)NCC(S)Cc1ccccc1F)Cc1ccc(-c2ccccc2S(=O)(=O)NC(=O)C(C)O)cc1. The van der Waals surface area contributed by atoms with Crippen molar-refractivity contribution >= 4 is 40.4 Å². The maximum atomic E-state index is 13.9. The second kappa shape index (κ2) is 16.4. The maximum Gasteiger partial charge on any atom is 0.264 e. The second-order valence-electron chi connectivity index (χ2n) is 10.4. The number of hydrogen-bond acceptors (Lipinski definition) is 7. The average molecular weight is 644 g/mol. The van der Waals surface area contributed by atoms with Gasteiger partial charge in [-0.3, -0.25) is 14.4 Å². The fraction of sp³-hybridized carbons (Fsp3) is 0.344. The van der Waals surface area contributed by atoms with Gasteiger partial charge in [0.25, 0.3) is 15.9 Å². The zero-order chi connectivity index (χ0) is 32.3. The van der Waals surface area contributed by atoms with Crippen molar-refractivity contribution in [2.24, 2.45) is 0 Å². The molecular weight excluding hydrogens is 605 g/mol. The Morgan fingerprint density at radius 1 is 0.977 bits per heavy atom. The molecule has 0 radical (unpaired) electrons. The van der Waals surface area contributed by atoms with Crippen molar-refractivity contribution in [1.82, 2.24) is 14.9 Å². The number of aliphatic hydroxyl groups is 1. The molecule has 3 rings (SSSR count). The summed E-state index contributed by atoms with van der Waals surface area (Å²) < 4.78 is 41.5. The Kier molecular flexibility index (Phi) is 12.9. The van der Waals surface area contributed by atoms with Crippen molar-refractivity contribution in [2.45, 2.75) is 62.3 Å². The lowest BCUT2D eigenvalue weighted by atomic mass is 10.0. The average Bonchev–Trinajstić information content (AvgIpc) is 2.99. The number of nitrogens with one attached hydrogen (secondary N) is 2. The van der Waals surface area contributed by atoms with E-state index in [1.807, 2.05) is 11.6 Å². The van der Waals surface area contributed by atoms with Crippen LogP contribution in [0.4, 0.5) is 4.39 Å². The van der Waals surface area contributed by atoms with Crippen LogP contribution in [-0.4, -0.2) is 60.6 Å². The summed E-state index contributed by atoms with van der Waals surface area (Å²) in [5.74, 6) is -1.69. The van der Waals surface area contributed by atoms with Crippen molar-refractivity contribution in [2.75, 3.05) is 13.1 Å². The second-order valence-corrected chi connectivity index (χ2v) is 12.8. The van der Waals surface area contributed by atoms with Crippen LogP contribution in [0, 0.1) is 5.82 Å². The van der Waals surface area contributed by atoms with Crippen LogP contribution in [-0.2, 0) is 37.4 Å². The molecule has 0 bridgehead atoms. The zero-order valence-corrected chi connectivity index (χ0v) is 26.4. The van der Waals surface area contributed by atoms with Gasteiger partial charge in [-0.15, -0.1) is 0 Å². The number of halogens is 1. The third-order valence-electron chi connectivity index (χ3n) is 6.80. The van der Waals surface area contributed by atoms with E-state index in [9.17, 15) is 32.3 Å². The van der Waals surface area contributed by atoms with Gasteiger partial charge in [0.2, 0.25) is 11.8 Å². The van der Waals surface area contributed by atoms with E-state index < -0.39 is 22.0 Å². The van der Waals surface area contributed by atoms with Crippen LogP contribution < -0.4 is 10.0 Å². The molecule has 0 saturated carbocycles. The van der Waals surface area contributed by atoms with Crippen LogP contribution in [0.15, 0.2) is 77.7 Å². The van der Waals surface area contributed by atoms with Crippen LogP contribution in [0.5, 0.6) is 0 Å². The van der Waals surface area contributed by atoms with Crippen LogP contribution in [0.25, 0.3) is 11.1 Å². The first-order valence-electron chi connectivity index (χ1n) is 14.3. The van der Waals surface area contributed by atoms with Gasteiger partial charge in [0, 0.05) is 43.3 Å². The van der Waals surface area contributed by atoms with Gasteiger partial charge in [-0.1, -0.05) is 67.6 Å². The quantitative estimate of drug-likeness (QED) is 0.186. The minimum Gasteiger partial charge on any atom is -0.384 e. The molecule has 0 aliphatic heterocycles. The first-order chi connectivity index (χ1) is 20.9. The summed E-state index contributed by atoms with van der Waals surface area (Å²) in [6, 6.07) is 19.6. The van der Waals surface area contributed by atoms with E-state index in [1.165, 1.54) is 25.1 Å². The number of thiol groups is 1. The lowest BCUT2D eigenvalue weighted by molar-refractivity contribution is -0.132. The molecular formula is C32H38FN3O6S2. The third kappa shape index (κ3) is 10.2. The fourth-order valence-corrected chi connectivity index (χ4v) is 6.00. The maximum absolute atomic E-state index is 13.9. The number of aliphatic hydroxyl groups excluding tert-OH is 1. The summed E-state index contributed by atoms with van der Waals surface area (Å²) >= 11 is 4.47. The molecule has 0 aliphatic carbocycles. The Morgan fingerprint density at radius 3 is 2.30 bits per heavy atom. The largest absolute Gasteiger partial charge is 0.384 e. The van der Waals surface area contributed by atoms with Gasteiger partial charge in [-0.25, -0.2) is 17.5 Å². The van der Waals surface area contributed by atoms with E-state index in [4.69, 9.17) is 0 Å². The summed E-state index contributed by atoms with van der Waals surface area (Å²) in [4.78, 5) is 38.8. The number of rotatable bonds is 15. The normalized spacial score (nSPS) is 12.7. The molecule has 3 N–H and O–H groups in total. The summed E-state index contributed by atoms with van der Waals surface area (Å²) in [5.41, 5.74) is 2.23. The van der Waals surface area contributed by atoms with Gasteiger partial charge in [-0.05, 0) is 48.6 Å². The van der Waals surface area contributed by atoms with E-state index >= 15 is 0 Å². The van der Waals surface area contributed by atoms with E-state index in [0.717, 1.165) is 5.56 Å². The summed E-state index contributed by atoms with van der Waals surface area (Å²) in [6.07, 6.45) is -0.0812. The molecule has 0 heterocycles. The molecule has 0 aromatic heterocycles. The van der Waals surface area contributed by atoms with Crippen molar-refractivity contribution in [3.05, 3.63) is 89.7 Å².